The molecule has 0 aliphatic carbocycles. The van der Waals surface area contributed by atoms with E-state index in [-0.39, 0.29) is 34.2 Å². The molecule has 146 valence electrons. The van der Waals surface area contributed by atoms with Crippen LogP contribution in [-0.2, 0) is 19.6 Å². The number of thioether (sulfide) groups is 1. The van der Waals surface area contributed by atoms with E-state index in [4.69, 9.17) is 0 Å². The van der Waals surface area contributed by atoms with Crippen LogP contribution in [0.1, 0.15) is 6.42 Å². The molecule has 0 bridgehead atoms. The van der Waals surface area contributed by atoms with Crippen molar-refractivity contribution in [2.24, 2.45) is 4.40 Å². The molecule has 3 rings (SSSR count). The second kappa shape index (κ2) is 8.72. The fraction of sp³-hybridized carbons (Fsp3) is 0.167. The average molecular weight is 436 g/mol. The summed E-state index contributed by atoms with van der Waals surface area (Å²) in [5, 5.41) is 3.66. The second-order valence-electron chi connectivity index (χ2n) is 5.74. The number of carbonyl (C=O) groups is 2. The molecule has 1 aliphatic heterocycles. The Morgan fingerprint density at radius 2 is 2.00 bits per heavy atom. The normalized spacial score (nSPS) is 18.4. The standard InChI is InChI=1S/C18H17N3O4S3/c1-2-10-21-17(23)14(12-15(22)19-13-7-4-3-5-8-13)27-18(21)20-28(24,25)16-9-6-11-26-16/h2-9,11,14H,1,10,12H2,(H,19,22)/t14-/m0/s1. The van der Waals surface area contributed by atoms with Crippen LogP contribution in [0.4, 0.5) is 5.69 Å². The first kappa shape index (κ1) is 20.3. The lowest BCUT2D eigenvalue weighted by Gasteiger charge is -2.13. The summed E-state index contributed by atoms with van der Waals surface area (Å²) < 4.78 is 28.8. The molecule has 2 aromatic rings. The smallest absolute Gasteiger partial charge is 0.294 e. The summed E-state index contributed by atoms with van der Waals surface area (Å²) in [6.45, 7) is 3.71. The first-order valence-corrected chi connectivity index (χ1v) is 11.4. The third-order valence-electron chi connectivity index (χ3n) is 3.71. The molecule has 1 aromatic heterocycles. The lowest BCUT2D eigenvalue weighted by atomic mass is 10.2. The van der Waals surface area contributed by atoms with Crippen LogP contribution in [0.25, 0.3) is 0 Å². The van der Waals surface area contributed by atoms with Gasteiger partial charge in [0.2, 0.25) is 11.8 Å². The number of rotatable bonds is 7. The minimum absolute atomic E-state index is 0.0517. The summed E-state index contributed by atoms with van der Waals surface area (Å²) in [4.78, 5) is 26.2. The molecule has 7 nitrogen and oxygen atoms in total. The molecular formula is C18H17N3O4S3. The maximum atomic E-state index is 12.7. The number of amidine groups is 1. The number of benzene rings is 1. The molecule has 0 saturated carbocycles. The summed E-state index contributed by atoms with van der Waals surface area (Å²) in [6.07, 6.45) is 1.39. The van der Waals surface area contributed by atoms with Crippen LogP contribution in [0.2, 0.25) is 0 Å². The van der Waals surface area contributed by atoms with Gasteiger partial charge in [-0.3, -0.25) is 14.5 Å². The molecule has 1 N–H and O–H groups in total. The van der Waals surface area contributed by atoms with E-state index in [1.165, 1.54) is 17.0 Å². The third-order valence-corrected chi connectivity index (χ3v) is 7.64. The van der Waals surface area contributed by atoms with Crippen LogP contribution in [0.3, 0.4) is 0 Å². The van der Waals surface area contributed by atoms with Gasteiger partial charge in [-0.1, -0.05) is 42.1 Å². The van der Waals surface area contributed by atoms with Crippen LogP contribution in [0.15, 0.2) is 69.1 Å². The van der Waals surface area contributed by atoms with Gasteiger partial charge in [-0.25, -0.2) is 0 Å². The van der Waals surface area contributed by atoms with E-state index in [2.05, 4.69) is 16.3 Å². The Bertz CT molecular complexity index is 1000. The Labute approximate surface area is 171 Å². The van der Waals surface area contributed by atoms with Gasteiger partial charge in [-0.2, -0.15) is 8.42 Å². The molecule has 2 amide bonds. The molecule has 1 atom stereocenters. The topological polar surface area (TPSA) is 95.9 Å². The lowest BCUT2D eigenvalue weighted by molar-refractivity contribution is -0.127. The van der Waals surface area contributed by atoms with Crippen molar-refractivity contribution in [2.45, 2.75) is 15.9 Å². The minimum Gasteiger partial charge on any atom is -0.326 e. The second-order valence-corrected chi connectivity index (χ2v) is 9.69. The number of carbonyl (C=O) groups excluding carboxylic acids is 2. The molecule has 28 heavy (non-hydrogen) atoms. The number of sulfonamides is 1. The van der Waals surface area contributed by atoms with Crippen molar-refractivity contribution in [3.05, 3.63) is 60.5 Å². The minimum atomic E-state index is -3.92. The fourth-order valence-electron chi connectivity index (χ4n) is 2.47. The highest BCUT2D eigenvalue weighted by Gasteiger charge is 2.39. The van der Waals surface area contributed by atoms with Gasteiger partial charge < -0.3 is 5.32 Å². The Morgan fingerprint density at radius 1 is 1.25 bits per heavy atom. The zero-order valence-corrected chi connectivity index (χ0v) is 17.1. The molecule has 2 heterocycles. The van der Waals surface area contributed by atoms with Gasteiger partial charge in [0, 0.05) is 18.7 Å². The van der Waals surface area contributed by atoms with Gasteiger partial charge in [0.15, 0.2) is 5.17 Å². The van der Waals surface area contributed by atoms with Crippen LogP contribution in [-0.4, -0.2) is 42.1 Å². The van der Waals surface area contributed by atoms with E-state index in [1.807, 2.05) is 6.07 Å². The number of thiophene rings is 1. The van der Waals surface area contributed by atoms with Crippen molar-refractivity contribution in [1.82, 2.24) is 4.90 Å². The number of hydrogen-bond donors (Lipinski definition) is 1. The fourth-order valence-corrected chi connectivity index (χ4v) is 5.80. The Hall–Kier alpha value is -2.43. The zero-order chi connectivity index (χ0) is 20.1. The molecule has 1 aromatic carbocycles. The van der Waals surface area contributed by atoms with Crippen molar-refractivity contribution in [1.29, 1.82) is 0 Å². The van der Waals surface area contributed by atoms with E-state index in [0.29, 0.717) is 5.69 Å². The van der Waals surface area contributed by atoms with Gasteiger partial charge in [-0.05, 0) is 23.6 Å². The third kappa shape index (κ3) is 4.70. The number of amides is 2. The Morgan fingerprint density at radius 3 is 2.64 bits per heavy atom. The van der Waals surface area contributed by atoms with Crippen molar-refractivity contribution in [3.8, 4) is 0 Å². The Balaban J connectivity index is 1.77. The van der Waals surface area contributed by atoms with Gasteiger partial charge >= 0.3 is 0 Å². The van der Waals surface area contributed by atoms with Crippen LogP contribution in [0, 0.1) is 0 Å². The van der Waals surface area contributed by atoms with E-state index in [9.17, 15) is 18.0 Å². The summed E-state index contributed by atoms with van der Waals surface area (Å²) in [5.41, 5.74) is 0.625. The summed E-state index contributed by atoms with van der Waals surface area (Å²) in [5.74, 6) is -0.703. The maximum Gasteiger partial charge on any atom is 0.294 e. The lowest BCUT2D eigenvalue weighted by Crippen LogP contribution is -2.33. The highest BCUT2D eigenvalue weighted by Crippen LogP contribution is 2.31. The van der Waals surface area contributed by atoms with Gasteiger partial charge in [0.25, 0.3) is 10.0 Å². The number of para-hydroxylation sites is 1. The van der Waals surface area contributed by atoms with Gasteiger partial charge in [-0.15, -0.1) is 22.3 Å². The van der Waals surface area contributed by atoms with Crippen molar-refractivity contribution >= 4 is 55.8 Å². The van der Waals surface area contributed by atoms with E-state index >= 15 is 0 Å². The average Bonchev–Trinajstić information content (AvgIpc) is 3.28. The molecule has 1 fully saturated rings. The highest BCUT2D eigenvalue weighted by molar-refractivity contribution is 8.16. The molecule has 1 saturated heterocycles. The molecular weight excluding hydrogens is 418 g/mol. The molecule has 1 aliphatic rings. The zero-order valence-electron chi connectivity index (χ0n) is 14.6. The number of nitrogens with zero attached hydrogens (tertiary/aromatic N) is 2. The van der Waals surface area contributed by atoms with Crippen LogP contribution >= 0.6 is 23.1 Å². The van der Waals surface area contributed by atoms with E-state index in [1.54, 1.807) is 35.7 Å². The molecule has 0 radical (unpaired) electrons. The highest BCUT2D eigenvalue weighted by atomic mass is 32.2. The molecule has 0 spiro atoms. The number of nitrogens with one attached hydrogen (secondary N) is 1. The van der Waals surface area contributed by atoms with Crippen molar-refractivity contribution in [3.63, 3.8) is 0 Å². The van der Waals surface area contributed by atoms with Gasteiger partial charge in [0.05, 0.1) is 0 Å². The van der Waals surface area contributed by atoms with E-state index < -0.39 is 15.3 Å². The summed E-state index contributed by atoms with van der Waals surface area (Å²) >= 11 is 2.02. The summed E-state index contributed by atoms with van der Waals surface area (Å²) in [7, 11) is -3.92. The maximum absolute atomic E-state index is 12.7. The first-order valence-electron chi connectivity index (χ1n) is 8.23. The van der Waals surface area contributed by atoms with Crippen molar-refractivity contribution in [2.75, 3.05) is 11.9 Å². The number of hydrogen-bond acceptors (Lipinski definition) is 6. The van der Waals surface area contributed by atoms with Gasteiger partial charge in [0.1, 0.15) is 9.46 Å². The molecule has 0 unspecified atom stereocenters. The van der Waals surface area contributed by atoms with E-state index in [0.717, 1.165) is 23.1 Å². The quantitative estimate of drug-likeness (QED) is 0.675. The Kier molecular flexibility index (Phi) is 6.32. The van der Waals surface area contributed by atoms with Crippen LogP contribution in [0.5, 0.6) is 0 Å². The SMILES string of the molecule is C=CCN1C(=O)[C@H](CC(=O)Nc2ccccc2)SC1=NS(=O)(=O)c1cccs1. The monoisotopic (exact) mass is 435 g/mol. The molecule has 10 heteroatoms. The largest absolute Gasteiger partial charge is 0.326 e. The summed E-state index contributed by atoms with van der Waals surface area (Å²) in [6, 6.07) is 12.0. The predicted molar refractivity (Wildman–Crippen MR) is 112 cm³/mol. The van der Waals surface area contributed by atoms with Crippen molar-refractivity contribution < 1.29 is 18.0 Å². The van der Waals surface area contributed by atoms with Crippen LogP contribution < -0.4 is 5.32 Å². The predicted octanol–water partition coefficient (Wildman–Crippen LogP) is 2.95. The number of anilines is 1. The first-order chi connectivity index (χ1) is 13.4.